The fourth-order valence-electron chi connectivity index (χ4n) is 3.82. The summed E-state index contributed by atoms with van der Waals surface area (Å²) in [6.07, 6.45) is -0.202. The van der Waals surface area contributed by atoms with Crippen LogP contribution in [0.4, 0.5) is 24.7 Å². The number of carbonyl (C=O) groups excluding carboxylic acids is 1. The number of alkyl halides is 3. The molecule has 3 aromatic heterocycles. The number of β-amino-alcohol motifs (C(OH)–C–C–N with tert-alkyl or cyclic N) is 1. The van der Waals surface area contributed by atoms with E-state index in [4.69, 9.17) is 9.90 Å². The van der Waals surface area contributed by atoms with Crippen LogP contribution in [-0.2, 0) is 11.3 Å². The van der Waals surface area contributed by atoms with E-state index in [0.717, 1.165) is 22.3 Å². The summed E-state index contributed by atoms with van der Waals surface area (Å²) >= 11 is 0. The van der Waals surface area contributed by atoms with Gasteiger partial charge >= 0.3 is 12.1 Å². The van der Waals surface area contributed by atoms with E-state index in [1.165, 1.54) is 5.56 Å². The molecule has 1 amide bonds. The molecule has 0 bridgehead atoms. The number of aliphatic carboxylic acids is 1. The van der Waals surface area contributed by atoms with Gasteiger partial charge in [0, 0.05) is 31.2 Å². The number of aliphatic hydroxyl groups is 1. The average Bonchev–Trinajstić information content (AvgIpc) is 3.22. The molecule has 1 aliphatic rings. The van der Waals surface area contributed by atoms with Crippen molar-refractivity contribution < 1.29 is 33.0 Å². The SMILES string of the molecule is Cc1ccc(Cn2c(C(=O)Nc3ccc(N4CC(O)C4)nc3)cc3ccncc32)cc1.O=C(O)C(F)(F)F. The van der Waals surface area contributed by atoms with E-state index in [0.29, 0.717) is 31.0 Å². The fraction of sp³-hybridized carbons (Fsp3) is 0.231. The number of carbonyl (C=O) groups is 2. The maximum absolute atomic E-state index is 13.2. The summed E-state index contributed by atoms with van der Waals surface area (Å²) in [5.74, 6) is -2.16. The first-order chi connectivity index (χ1) is 18.0. The van der Waals surface area contributed by atoms with Gasteiger partial charge in [-0.25, -0.2) is 9.78 Å². The van der Waals surface area contributed by atoms with Crippen molar-refractivity contribution in [1.29, 1.82) is 0 Å². The van der Waals surface area contributed by atoms with Gasteiger partial charge in [0.1, 0.15) is 11.5 Å². The van der Waals surface area contributed by atoms with Crippen molar-refractivity contribution in [3.63, 3.8) is 0 Å². The zero-order chi connectivity index (χ0) is 27.4. The van der Waals surface area contributed by atoms with Gasteiger partial charge in [-0.05, 0) is 36.8 Å². The highest BCUT2D eigenvalue weighted by molar-refractivity contribution is 6.06. The molecule has 4 aromatic rings. The monoisotopic (exact) mass is 527 g/mol. The van der Waals surface area contributed by atoms with Gasteiger partial charge in [-0.2, -0.15) is 13.2 Å². The van der Waals surface area contributed by atoms with Crippen molar-refractivity contribution in [3.05, 3.63) is 83.9 Å². The number of hydrogen-bond donors (Lipinski definition) is 3. The van der Waals surface area contributed by atoms with Crippen molar-refractivity contribution in [2.24, 2.45) is 0 Å². The van der Waals surface area contributed by atoms with Crippen molar-refractivity contribution in [1.82, 2.24) is 14.5 Å². The molecule has 3 N–H and O–H groups in total. The van der Waals surface area contributed by atoms with Crippen molar-refractivity contribution >= 4 is 34.3 Å². The molecule has 0 saturated carbocycles. The van der Waals surface area contributed by atoms with Crippen LogP contribution in [0.3, 0.4) is 0 Å². The van der Waals surface area contributed by atoms with Crippen LogP contribution in [0.15, 0.2) is 67.1 Å². The molecular weight excluding hydrogens is 503 g/mol. The smallest absolute Gasteiger partial charge is 0.475 e. The molecule has 4 heterocycles. The highest BCUT2D eigenvalue weighted by atomic mass is 19.4. The van der Waals surface area contributed by atoms with Gasteiger partial charge in [-0.3, -0.25) is 9.78 Å². The van der Waals surface area contributed by atoms with Gasteiger partial charge in [0.2, 0.25) is 0 Å². The number of rotatable bonds is 5. The van der Waals surface area contributed by atoms with E-state index in [9.17, 15) is 23.1 Å². The third-order valence-corrected chi connectivity index (χ3v) is 5.83. The number of nitrogens with one attached hydrogen (secondary N) is 1. The van der Waals surface area contributed by atoms with Crippen LogP contribution < -0.4 is 10.2 Å². The van der Waals surface area contributed by atoms with Crippen LogP contribution >= 0.6 is 0 Å². The topological polar surface area (TPSA) is 121 Å². The number of halogens is 3. The average molecular weight is 528 g/mol. The highest BCUT2D eigenvalue weighted by Crippen LogP contribution is 2.23. The van der Waals surface area contributed by atoms with E-state index in [2.05, 4.69) is 46.5 Å². The second-order valence-electron chi connectivity index (χ2n) is 8.76. The summed E-state index contributed by atoms with van der Waals surface area (Å²) in [5, 5.41) is 20.5. The predicted molar refractivity (Wildman–Crippen MR) is 134 cm³/mol. The standard InChI is InChI=1S/C24H23N5O2.C2HF3O2/c1-16-2-4-17(5-3-16)13-29-21(10-18-8-9-25-12-22(18)29)24(31)27-19-6-7-23(26-11-19)28-14-20(30)15-28;3-2(4,5)1(6)7/h2-12,20,30H,13-15H2,1H3,(H,27,31);(H,6,7). The number of anilines is 2. The summed E-state index contributed by atoms with van der Waals surface area (Å²) in [6, 6.07) is 15.8. The Morgan fingerprint density at radius 3 is 2.34 bits per heavy atom. The molecule has 1 saturated heterocycles. The Hall–Kier alpha value is -4.45. The lowest BCUT2D eigenvalue weighted by Gasteiger charge is -2.36. The Morgan fingerprint density at radius 1 is 1.08 bits per heavy atom. The minimum absolute atomic E-state index is 0.197. The summed E-state index contributed by atoms with van der Waals surface area (Å²) in [4.78, 5) is 32.7. The van der Waals surface area contributed by atoms with Gasteiger partial charge in [-0.1, -0.05) is 29.8 Å². The summed E-state index contributed by atoms with van der Waals surface area (Å²) in [7, 11) is 0. The predicted octanol–water partition coefficient (Wildman–Crippen LogP) is 3.85. The zero-order valence-electron chi connectivity index (χ0n) is 20.2. The Morgan fingerprint density at radius 2 is 1.76 bits per heavy atom. The number of fused-ring (bicyclic) bond motifs is 1. The summed E-state index contributed by atoms with van der Waals surface area (Å²) in [6.45, 7) is 3.81. The number of aromatic nitrogens is 3. The molecule has 9 nitrogen and oxygen atoms in total. The maximum Gasteiger partial charge on any atom is 0.490 e. The second-order valence-corrected chi connectivity index (χ2v) is 8.76. The maximum atomic E-state index is 13.2. The number of aryl methyl sites for hydroxylation is 1. The molecule has 0 spiro atoms. The van der Waals surface area contributed by atoms with E-state index >= 15 is 0 Å². The molecule has 198 valence electrons. The molecule has 0 radical (unpaired) electrons. The third-order valence-electron chi connectivity index (χ3n) is 5.83. The molecule has 0 unspecified atom stereocenters. The van der Waals surface area contributed by atoms with Gasteiger partial charge in [0.25, 0.3) is 5.91 Å². The lowest BCUT2D eigenvalue weighted by atomic mass is 10.1. The largest absolute Gasteiger partial charge is 0.490 e. The van der Waals surface area contributed by atoms with Crippen molar-refractivity contribution in [3.8, 4) is 0 Å². The Balaban J connectivity index is 0.000000426. The van der Waals surface area contributed by atoms with Crippen LogP contribution in [0.2, 0.25) is 0 Å². The highest BCUT2D eigenvalue weighted by Gasteiger charge is 2.38. The van der Waals surface area contributed by atoms with Crippen LogP contribution in [0.1, 0.15) is 21.6 Å². The summed E-state index contributed by atoms with van der Waals surface area (Å²) in [5.41, 5.74) is 4.42. The number of carboxylic acids is 1. The molecule has 1 fully saturated rings. The minimum atomic E-state index is -5.08. The first-order valence-corrected chi connectivity index (χ1v) is 11.5. The quantitative estimate of drug-likeness (QED) is 0.361. The number of aliphatic hydroxyl groups excluding tert-OH is 1. The third kappa shape index (κ3) is 6.27. The molecule has 12 heteroatoms. The van der Waals surface area contributed by atoms with Crippen LogP contribution in [0.25, 0.3) is 10.9 Å². The molecule has 5 rings (SSSR count). The number of benzene rings is 1. The van der Waals surface area contributed by atoms with E-state index in [1.54, 1.807) is 18.6 Å². The summed E-state index contributed by atoms with van der Waals surface area (Å²) < 4.78 is 33.7. The number of hydrogen-bond acceptors (Lipinski definition) is 6. The van der Waals surface area contributed by atoms with Crippen molar-refractivity contribution in [2.45, 2.75) is 25.7 Å². The normalized spacial score (nSPS) is 13.4. The number of nitrogens with zero attached hydrogens (tertiary/aromatic N) is 4. The van der Waals surface area contributed by atoms with Gasteiger partial charge < -0.3 is 25.0 Å². The van der Waals surface area contributed by atoms with Gasteiger partial charge in [0.05, 0.1) is 29.7 Å². The minimum Gasteiger partial charge on any atom is -0.475 e. The Kier molecular flexibility index (Phi) is 7.62. The molecular formula is C26H24F3N5O4. The van der Waals surface area contributed by atoms with E-state index in [-0.39, 0.29) is 12.0 Å². The molecule has 0 aliphatic carbocycles. The van der Waals surface area contributed by atoms with Crippen LogP contribution in [-0.4, -0.2) is 62.0 Å². The van der Waals surface area contributed by atoms with E-state index < -0.39 is 12.1 Å². The fourth-order valence-corrected chi connectivity index (χ4v) is 3.82. The van der Waals surface area contributed by atoms with Crippen LogP contribution in [0, 0.1) is 6.92 Å². The Bertz CT molecular complexity index is 1430. The lowest BCUT2D eigenvalue weighted by molar-refractivity contribution is -0.192. The molecule has 0 atom stereocenters. The Labute approximate surface area is 215 Å². The van der Waals surface area contributed by atoms with E-state index in [1.807, 2.05) is 33.7 Å². The first-order valence-electron chi connectivity index (χ1n) is 11.5. The molecule has 1 aliphatic heterocycles. The van der Waals surface area contributed by atoms with Crippen molar-refractivity contribution in [2.75, 3.05) is 23.3 Å². The number of pyridine rings is 2. The second kappa shape index (κ2) is 10.9. The van der Waals surface area contributed by atoms with Crippen LogP contribution in [0.5, 0.6) is 0 Å². The lowest BCUT2D eigenvalue weighted by Crippen LogP contribution is -2.51. The van der Waals surface area contributed by atoms with Gasteiger partial charge in [-0.15, -0.1) is 0 Å². The molecule has 1 aromatic carbocycles. The first kappa shape index (κ1) is 26.6. The number of amides is 1. The molecule has 38 heavy (non-hydrogen) atoms. The zero-order valence-corrected chi connectivity index (χ0v) is 20.2. The number of carboxylic acid groups (broad SMARTS) is 1. The van der Waals surface area contributed by atoms with Gasteiger partial charge in [0.15, 0.2) is 0 Å².